The lowest BCUT2D eigenvalue weighted by Crippen LogP contribution is -2.37. The van der Waals surface area contributed by atoms with Gasteiger partial charge in [0.2, 0.25) is 10.0 Å². The molecule has 9 heteroatoms. The zero-order valence-electron chi connectivity index (χ0n) is 14.4. The van der Waals surface area contributed by atoms with Crippen molar-refractivity contribution in [2.75, 3.05) is 30.8 Å². The highest BCUT2D eigenvalue weighted by atomic mass is 127. The van der Waals surface area contributed by atoms with Crippen molar-refractivity contribution in [3.63, 3.8) is 0 Å². The van der Waals surface area contributed by atoms with E-state index >= 15 is 0 Å². The van der Waals surface area contributed by atoms with E-state index in [0.717, 1.165) is 30.5 Å². The number of nitrogens with zero attached hydrogens (tertiary/aromatic N) is 1. The van der Waals surface area contributed by atoms with Crippen molar-refractivity contribution in [2.24, 2.45) is 10.7 Å². The Hall–Kier alpha value is -0.910. The molecule has 1 atom stereocenters. The van der Waals surface area contributed by atoms with Gasteiger partial charge in [0.25, 0.3) is 0 Å². The summed E-state index contributed by atoms with van der Waals surface area (Å²) in [4.78, 5) is 4.05. The molecule has 1 aliphatic heterocycles. The Labute approximate surface area is 166 Å². The fourth-order valence-corrected chi connectivity index (χ4v) is 3.29. The van der Waals surface area contributed by atoms with E-state index in [1.165, 1.54) is 0 Å². The number of halogens is 1. The molecule has 0 radical (unpaired) electrons. The van der Waals surface area contributed by atoms with E-state index < -0.39 is 10.0 Å². The number of ether oxygens (including phenoxy) is 1. The molecule has 1 heterocycles. The number of sulfonamides is 1. The van der Waals surface area contributed by atoms with Gasteiger partial charge in [-0.25, -0.2) is 13.1 Å². The fourth-order valence-electron chi connectivity index (χ4n) is 2.37. The summed E-state index contributed by atoms with van der Waals surface area (Å²) >= 11 is 0. The van der Waals surface area contributed by atoms with E-state index in [4.69, 9.17) is 10.5 Å². The van der Waals surface area contributed by atoms with Crippen LogP contribution in [0.15, 0.2) is 29.3 Å². The number of aryl methyl sites for hydroxylation is 1. The van der Waals surface area contributed by atoms with Crippen molar-refractivity contribution in [1.82, 2.24) is 4.72 Å². The molecule has 0 saturated carbocycles. The van der Waals surface area contributed by atoms with Crippen molar-refractivity contribution < 1.29 is 13.2 Å². The average molecular weight is 482 g/mol. The van der Waals surface area contributed by atoms with E-state index in [0.29, 0.717) is 13.2 Å². The minimum absolute atomic E-state index is 0. The maximum atomic E-state index is 12.0. The lowest BCUT2D eigenvalue weighted by atomic mass is 10.1. The monoisotopic (exact) mass is 482 g/mol. The normalized spacial score (nSPS) is 18.4. The molecule has 2 rings (SSSR count). The molecule has 25 heavy (non-hydrogen) atoms. The predicted octanol–water partition coefficient (Wildman–Crippen LogP) is 1.83. The maximum Gasteiger partial charge on any atom is 0.213 e. The summed E-state index contributed by atoms with van der Waals surface area (Å²) < 4.78 is 32.0. The molecule has 0 spiro atoms. The van der Waals surface area contributed by atoms with Crippen molar-refractivity contribution in [1.29, 1.82) is 0 Å². The van der Waals surface area contributed by atoms with Crippen LogP contribution in [-0.2, 0) is 14.8 Å². The number of hydrogen-bond donors (Lipinski definition) is 3. The molecular weight excluding hydrogens is 455 g/mol. The third-order valence-electron chi connectivity index (χ3n) is 3.77. The Balaban J connectivity index is 0.00000312. The van der Waals surface area contributed by atoms with Crippen LogP contribution >= 0.6 is 24.0 Å². The van der Waals surface area contributed by atoms with Crippen molar-refractivity contribution in [3.8, 4) is 0 Å². The average Bonchev–Trinajstić information content (AvgIpc) is 2.56. The van der Waals surface area contributed by atoms with Gasteiger partial charge in [-0.3, -0.25) is 4.99 Å². The number of anilines is 1. The second-order valence-electron chi connectivity index (χ2n) is 5.91. The third kappa shape index (κ3) is 8.84. The number of guanidine groups is 1. The van der Waals surface area contributed by atoms with Gasteiger partial charge in [0.05, 0.1) is 18.4 Å². The summed E-state index contributed by atoms with van der Waals surface area (Å²) in [6.07, 6.45) is 3.00. The smallest absolute Gasteiger partial charge is 0.213 e. The van der Waals surface area contributed by atoms with Crippen LogP contribution in [0.2, 0.25) is 0 Å². The first-order valence-corrected chi connectivity index (χ1v) is 9.82. The molecule has 1 aromatic rings. The molecular formula is C16H27IN4O3S. The van der Waals surface area contributed by atoms with Crippen LogP contribution < -0.4 is 15.8 Å². The molecule has 0 amide bonds. The van der Waals surface area contributed by atoms with Gasteiger partial charge in [-0.15, -0.1) is 24.0 Å². The minimum atomic E-state index is -3.38. The first-order chi connectivity index (χ1) is 11.4. The molecule has 1 saturated heterocycles. The van der Waals surface area contributed by atoms with Crippen LogP contribution in [0, 0.1) is 6.92 Å². The second kappa shape index (κ2) is 10.9. The molecule has 0 aliphatic carbocycles. The van der Waals surface area contributed by atoms with Gasteiger partial charge in [0, 0.05) is 18.8 Å². The molecule has 4 N–H and O–H groups in total. The molecule has 142 valence electrons. The van der Waals surface area contributed by atoms with E-state index in [9.17, 15) is 8.42 Å². The number of nitrogens with two attached hydrogens (primary N) is 1. The highest BCUT2D eigenvalue weighted by molar-refractivity contribution is 14.0. The van der Waals surface area contributed by atoms with Crippen LogP contribution in [0.3, 0.4) is 0 Å². The zero-order chi connectivity index (χ0) is 17.4. The van der Waals surface area contributed by atoms with Crippen LogP contribution in [0.1, 0.15) is 24.8 Å². The molecule has 1 aromatic carbocycles. The highest BCUT2D eigenvalue weighted by Gasteiger charge is 2.17. The zero-order valence-corrected chi connectivity index (χ0v) is 17.5. The number of benzene rings is 1. The van der Waals surface area contributed by atoms with Gasteiger partial charge >= 0.3 is 0 Å². The molecule has 0 aromatic heterocycles. The first kappa shape index (κ1) is 22.1. The lowest BCUT2D eigenvalue weighted by Gasteiger charge is -2.22. The van der Waals surface area contributed by atoms with E-state index in [1.54, 1.807) is 0 Å². The third-order valence-corrected chi connectivity index (χ3v) is 5.10. The molecule has 1 unspecified atom stereocenters. The van der Waals surface area contributed by atoms with Crippen LogP contribution in [0.25, 0.3) is 0 Å². The predicted molar refractivity (Wildman–Crippen MR) is 112 cm³/mol. The SMILES string of the molecule is Cc1ccc(NC(N)=NCCS(=O)(=O)NCC2CCCCO2)cc1.I. The Kier molecular flexibility index (Phi) is 9.69. The van der Waals surface area contributed by atoms with Gasteiger partial charge in [0.1, 0.15) is 0 Å². The molecule has 1 aliphatic rings. The molecule has 7 nitrogen and oxygen atoms in total. The number of nitrogens with one attached hydrogen (secondary N) is 2. The Morgan fingerprint density at radius 1 is 1.32 bits per heavy atom. The fraction of sp³-hybridized carbons (Fsp3) is 0.562. The minimum Gasteiger partial charge on any atom is -0.377 e. The number of aliphatic imine (C=N–C) groups is 1. The van der Waals surface area contributed by atoms with Gasteiger partial charge < -0.3 is 15.8 Å². The van der Waals surface area contributed by atoms with E-state index in [2.05, 4.69) is 15.0 Å². The van der Waals surface area contributed by atoms with Gasteiger partial charge in [0.15, 0.2) is 5.96 Å². The standard InChI is InChI=1S/C16H26N4O3S.HI/c1-13-5-7-14(8-6-13)20-16(17)18-9-11-24(21,22)19-12-15-4-2-3-10-23-15;/h5-8,15,19H,2-4,9-12H2,1H3,(H3,17,18,20);1H. The highest BCUT2D eigenvalue weighted by Crippen LogP contribution is 2.12. The maximum absolute atomic E-state index is 12.0. The summed E-state index contributed by atoms with van der Waals surface area (Å²) in [7, 11) is -3.38. The first-order valence-electron chi connectivity index (χ1n) is 8.17. The van der Waals surface area contributed by atoms with Gasteiger partial charge in [-0.1, -0.05) is 17.7 Å². The number of rotatable bonds is 7. The summed E-state index contributed by atoms with van der Waals surface area (Å²) in [5.41, 5.74) is 7.73. The Bertz CT molecular complexity index is 644. The quantitative estimate of drug-likeness (QED) is 0.313. The van der Waals surface area contributed by atoms with Crippen LogP contribution in [-0.4, -0.2) is 45.9 Å². The van der Waals surface area contributed by atoms with Crippen molar-refractivity contribution >= 4 is 45.6 Å². The molecule has 0 bridgehead atoms. The number of hydrogen-bond acceptors (Lipinski definition) is 4. The van der Waals surface area contributed by atoms with E-state index in [1.807, 2.05) is 31.2 Å². The second-order valence-corrected chi connectivity index (χ2v) is 7.84. The van der Waals surface area contributed by atoms with Crippen LogP contribution in [0.5, 0.6) is 0 Å². The summed E-state index contributed by atoms with van der Waals surface area (Å²) in [5, 5.41) is 2.93. The topological polar surface area (TPSA) is 106 Å². The van der Waals surface area contributed by atoms with Crippen LogP contribution in [0.4, 0.5) is 5.69 Å². The summed E-state index contributed by atoms with van der Waals surface area (Å²) in [6, 6.07) is 7.69. The lowest BCUT2D eigenvalue weighted by molar-refractivity contribution is 0.0200. The Morgan fingerprint density at radius 3 is 2.68 bits per heavy atom. The van der Waals surface area contributed by atoms with E-state index in [-0.39, 0.29) is 48.3 Å². The summed E-state index contributed by atoms with van der Waals surface area (Å²) in [5.74, 6) is 0.0976. The van der Waals surface area contributed by atoms with Gasteiger partial charge in [-0.05, 0) is 38.3 Å². The Morgan fingerprint density at radius 2 is 2.04 bits per heavy atom. The molecule has 1 fully saturated rings. The van der Waals surface area contributed by atoms with Gasteiger partial charge in [-0.2, -0.15) is 0 Å². The van der Waals surface area contributed by atoms with Crippen molar-refractivity contribution in [3.05, 3.63) is 29.8 Å². The summed E-state index contributed by atoms with van der Waals surface area (Å²) in [6.45, 7) is 3.13. The van der Waals surface area contributed by atoms with Crippen molar-refractivity contribution in [2.45, 2.75) is 32.3 Å². The largest absolute Gasteiger partial charge is 0.377 e.